The van der Waals surface area contributed by atoms with Crippen molar-refractivity contribution >= 4 is 0 Å². The van der Waals surface area contributed by atoms with Crippen molar-refractivity contribution in [3.05, 3.63) is 202 Å². The maximum absolute atomic E-state index is 8.25. The molecule has 0 fully saturated rings. The zero-order valence-electron chi connectivity index (χ0n) is 24.3. The number of rotatable bonds is 0. The van der Waals surface area contributed by atoms with E-state index in [0.717, 1.165) is 0 Å². The molecule has 0 aliphatic rings. The average molecular weight is 1490 g/mol. The predicted molar refractivity (Wildman–Crippen MR) is 140 cm³/mol. The maximum atomic E-state index is 8.25. The van der Waals surface area contributed by atoms with Crippen LogP contribution >= 0.6 is 0 Å². The van der Waals surface area contributed by atoms with Crippen molar-refractivity contribution in [2.45, 2.75) is 0 Å². The van der Waals surface area contributed by atoms with Gasteiger partial charge in [-0.15, -0.1) is 0 Å². The van der Waals surface area contributed by atoms with Gasteiger partial charge in [0.1, 0.15) is 0 Å². The first-order valence-electron chi connectivity index (χ1n) is 6.57. The quantitative estimate of drug-likeness (QED) is 0.213. The van der Waals surface area contributed by atoms with Gasteiger partial charge in [0.2, 0.25) is 0 Å². The van der Waals surface area contributed by atoms with Crippen molar-refractivity contribution in [3.63, 3.8) is 0 Å². The molecule has 317 valence electrons. The van der Waals surface area contributed by atoms with Crippen molar-refractivity contribution in [2.24, 2.45) is 0 Å². The van der Waals surface area contributed by atoms with Crippen molar-refractivity contribution in [1.29, 1.82) is 0 Å². The van der Waals surface area contributed by atoms with Gasteiger partial charge in [0.05, 0.1) is 61.0 Å². The molecular formula is H6Ce5N15O36. The van der Waals surface area contributed by atoms with Crippen LogP contribution in [0.2, 0.25) is 0 Å². The van der Waals surface area contributed by atoms with Crippen molar-refractivity contribution < 1.29 is 270 Å². The third-order valence-corrected chi connectivity index (χ3v) is 0. The van der Waals surface area contributed by atoms with Crippen LogP contribution in [-0.2, 0) is 0 Å². The van der Waals surface area contributed by atoms with E-state index in [1.165, 1.54) is 0 Å². The maximum Gasteiger partial charge on any atom is 3.00 e. The summed E-state index contributed by atoms with van der Waals surface area (Å²) in [6, 6.07) is 0. The summed E-state index contributed by atoms with van der Waals surface area (Å²) in [7, 11) is 0. The van der Waals surface area contributed by atoms with Gasteiger partial charge in [-0.3, -0.25) is 0 Å². The first-order valence-corrected chi connectivity index (χ1v) is 6.57. The second-order valence-electron chi connectivity index (χ2n) is 2.68. The Labute approximate surface area is 464 Å². The van der Waals surface area contributed by atoms with Gasteiger partial charge in [0.25, 0.3) is 0 Å². The van der Waals surface area contributed by atoms with Gasteiger partial charge in [-0.25, -0.2) is 0 Å². The van der Waals surface area contributed by atoms with Crippen LogP contribution in [0, 0.1) is 393 Å². The summed E-state index contributed by atoms with van der Waals surface area (Å²) >= 11 is 0. The number of hydrogen-bond acceptors (Lipinski definition) is 36. The Hall–Kier alpha value is -2.84. The number of nitrogens with two attached hydrogens (primary N) is 3. The van der Waals surface area contributed by atoms with E-state index in [1.54, 1.807) is 0 Å². The van der Waals surface area contributed by atoms with Crippen LogP contribution in [0.4, 0.5) is 0 Å². The molecule has 0 bridgehead atoms. The van der Waals surface area contributed by atoms with E-state index in [-0.39, 0.29) is 227 Å². The standard InChI is InChI=1S/5Ce.12NO3.3H2N/c;;;;;12*2-1(3)4;;;/h;;;;;;;;;;;;;;;;;3*1H2/q5*+3;15*-1. The van der Waals surface area contributed by atoms with Gasteiger partial charge in [0, 0.05) is 0 Å². The molecule has 5 radical (unpaired) electrons. The molecular weight excluding hydrogens is 1490 g/mol. The molecule has 0 spiro atoms. The van der Waals surface area contributed by atoms with Crippen LogP contribution < -0.4 is 0 Å². The Bertz CT molecular complexity index is 603. The van der Waals surface area contributed by atoms with Gasteiger partial charge in [-0.05, 0) is 0 Å². The van der Waals surface area contributed by atoms with Crippen LogP contribution in [0.3, 0.4) is 0 Å². The molecule has 0 saturated carbocycles. The smallest absolute Gasteiger partial charge is 0.693 e. The van der Waals surface area contributed by atoms with E-state index in [9.17, 15) is 0 Å². The monoisotopic (exact) mass is 1490 g/mol. The molecule has 0 aliphatic carbocycles. The first kappa shape index (κ1) is 132. The Morgan fingerprint density at radius 2 is 0.143 bits per heavy atom. The minimum absolute atomic E-state index is 0. The van der Waals surface area contributed by atoms with Gasteiger partial charge in [-0.1, -0.05) is 0 Å². The molecule has 0 atom stereocenters. The largest absolute Gasteiger partial charge is 3.00 e. The number of nitrogens with zero attached hydrogens (tertiary/aromatic N) is 12. The van der Waals surface area contributed by atoms with Crippen LogP contribution in [0.5, 0.6) is 0 Å². The summed E-state index contributed by atoms with van der Waals surface area (Å²) in [5.41, 5.74) is 0. The molecule has 0 saturated heterocycles. The normalized spacial score (nSPS) is 5.14. The van der Waals surface area contributed by atoms with E-state index in [1.807, 2.05) is 0 Å². The van der Waals surface area contributed by atoms with E-state index < -0.39 is 61.0 Å². The predicted octanol–water partition coefficient (Wildman–Crippen LogP) is -0.718. The molecule has 0 heterocycles. The second kappa shape index (κ2) is 124. The van der Waals surface area contributed by atoms with E-state index in [0.29, 0.717) is 0 Å². The Morgan fingerprint density at radius 1 is 0.143 bits per heavy atom. The summed E-state index contributed by atoms with van der Waals surface area (Å²) in [4.78, 5) is 99.0. The van der Waals surface area contributed by atoms with Gasteiger partial charge < -0.3 is 202 Å². The molecule has 0 aromatic rings. The van der Waals surface area contributed by atoms with Crippen LogP contribution in [0.15, 0.2) is 0 Å². The molecule has 56 heavy (non-hydrogen) atoms. The SMILES string of the molecule is O=[N+]([O-])[O-].O=[N+]([O-])[O-].O=[N+]([O-])[O-].O=[N+]([O-])[O-].O=[N+]([O-])[O-].O=[N+]([O-])[O-].O=[N+]([O-])[O-].O=[N+]([O-])[O-].O=[N+]([O-])[O-].O=[N+]([O-])[O-].O=[N+]([O-])[O-].O=[N+]([O-])[O-].[Ce+3].[Ce+3].[Ce+3].[Ce+3].[Ce+3].[NH2-].[NH2-].[NH2-]. The summed E-state index contributed by atoms with van der Waals surface area (Å²) in [6.07, 6.45) is 0. The zero-order chi connectivity index (χ0) is 42.9. The Balaban J connectivity index is -0.0000000138. The number of hydrogen-bond donors (Lipinski definition) is 0. The second-order valence-corrected chi connectivity index (χ2v) is 2.68. The fraction of sp³-hybridized carbons (Fsp3) is 0. The zero-order valence-corrected chi connectivity index (χ0v) is 40.0. The van der Waals surface area contributed by atoms with Crippen LogP contribution in [-0.4, -0.2) is 61.0 Å². The van der Waals surface area contributed by atoms with E-state index in [2.05, 4.69) is 0 Å². The van der Waals surface area contributed by atoms with Gasteiger partial charge in [0.15, 0.2) is 0 Å². The molecule has 6 N–H and O–H groups in total. The third-order valence-electron chi connectivity index (χ3n) is 0. The van der Waals surface area contributed by atoms with Crippen molar-refractivity contribution in [1.82, 2.24) is 0 Å². The molecule has 0 aliphatic heterocycles. The van der Waals surface area contributed by atoms with E-state index in [4.69, 9.17) is 184 Å². The average Bonchev–Trinajstić information content (AvgIpc) is 2.61. The third kappa shape index (κ3) is 16000. The molecule has 0 aromatic carbocycles. The van der Waals surface area contributed by atoms with Crippen LogP contribution in [0.25, 0.3) is 18.5 Å². The summed E-state index contributed by atoms with van der Waals surface area (Å²) < 4.78 is 0. The Morgan fingerprint density at radius 3 is 0.143 bits per heavy atom. The van der Waals surface area contributed by atoms with Gasteiger partial charge in [-0.2, -0.15) is 0 Å². The molecule has 0 rings (SSSR count). The molecule has 56 heteroatoms. The summed E-state index contributed by atoms with van der Waals surface area (Å²) in [6.45, 7) is 0. The fourth-order valence-corrected chi connectivity index (χ4v) is 0. The topological polar surface area (TPSA) is 895 Å². The molecule has 51 nitrogen and oxygen atoms in total. The minimum atomic E-state index is -1.75. The van der Waals surface area contributed by atoms with Gasteiger partial charge >= 0.3 is 209 Å². The molecule has 0 amide bonds. The minimum Gasteiger partial charge on any atom is -0.693 e. The van der Waals surface area contributed by atoms with Crippen molar-refractivity contribution in [2.75, 3.05) is 0 Å². The summed E-state index contributed by atoms with van der Waals surface area (Å²) in [5, 5.41) is 177. The molecule has 0 unspecified atom stereocenters. The van der Waals surface area contributed by atoms with Crippen molar-refractivity contribution in [3.8, 4) is 0 Å². The van der Waals surface area contributed by atoms with Crippen LogP contribution in [0.1, 0.15) is 0 Å². The fourth-order valence-electron chi connectivity index (χ4n) is 0. The Kier molecular flexibility index (Phi) is 292. The van der Waals surface area contributed by atoms with E-state index >= 15 is 0 Å². The molecule has 0 aromatic heterocycles. The first-order chi connectivity index (χ1) is 20.8. The summed E-state index contributed by atoms with van der Waals surface area (Å²) in [5.74, 6) is 0.